The molecule has 0 bridgehead atoms. The summed E-state index contributed by atoms with van der Waals surface area (Å²) >= 11 is 1.58. The number of carbonyl (C=O) groups excluding carboxylic acids is 2. The van der Waals surface area contributed by atoms with Gasteiger partial charge in [-0.25, -0.2) is 0 Å². The van der Waals surface area contributed by atoms with Crippen LogP contribution < -0.4 is 9.47 Å². The van der Waals surface area contributed by atoms with E-state index in [-0.39, 0.29) is 23.9 Å². The summed E-state index contributed by atoms with van der Waals surface area (Å²) in [6, 6.07) is 7.35. The number of hydrogen-bond acceptors (Lipinski definition) is 5. The minimum Gasteiger partial charge on any atom is -0.493 e. The van der Waals surface area contributed by atoms with Gasteiger partial charge < -0.3 is 19.3 Å². The van der Waals surface area contributed by atoms with Gasteiger partial charge in [0.15, 0.2) is 11.5 Å². The number of likely N-dealkylation sites (N-methyl/N-ethyl adjacent to an activating group) is 1. The molecule has 6 nitrogen and oxygen atoms in total. The lowest BCUT2D eigenvalue weighted by atomic mass is 9.80. The van der Waals surface area contributed by atoms with Crippen LogP contribution in [0.25, 0.3) is 0 Å². The smallest absolute Gasteiger partial charge is 0.254 e. The summed E-state index contributed by atoms with van der Waals surface area (Å²) in [5.41, 5.74) is 1.22. The largest absolute Gasteiger partial charge is 0.493 e. The average Bonchev–Trinajstić information content (AvgIpc) is 3.29. The Morgan fingerprint density at radius 3 is 2.53 bits per heavy atom. The molecule has 1 aromatic carbocycles. The van der Waals surface area contributed by atoms with Crippen molar-refractivity contribution in [1.82, 2.24) is 9.80 Å². The van der Waals surface area contributed by atoms with E-state index in [2.05, 4.69) is 6.92 Å². The number of benzene rings is 1. The van der Waals surface area contributed by atoms with Gasteiger partial charge in [0.05, 0.1) is 26.2 Å². The standard InChI is InChI=1S/C23H28N2O4S/c1-14-8-5-6-10-25(14)23(27)20-15-12-17(28-3)18(29-4)13-16(15)22(26)24(2)21(20)19-9-7-11-30-19/h7,9,11-14,20-21H,5-6,8,10H2,1-4H3. The molecule has 7 heteroatoms. The Morgan fingerprint density at radius 2 is 1.90 bits per heavy atom. The Labute approximate surface area is 181 Å². The zero-order valence-corrected chi connectivity index (χ0v) is 18.7. The predicted molar refractivity (Wildman–Crippen MR) is 116 cm³/mol. The summed E-state index contributed by atoms with van der Waals surface area (Å²) in [6.07, 6.45) is 3.17. The van der Waals surface area contributed by atoms with Gasteiger partial charge in [0, 0.05) is 30.1 Å². The van der Waals surface area contributed by atoms with Gasteiger partial charge in [-0.3, -0.25) is 9.59 Å². The number of piperidine rings is 1. The highest BCUT2D eigenvalue weighted by Gasteiger charge is 2.46. The van der Waals surface area contributed by atoms with E-state index in [1.165, 1.54) is 0 Å². The molecule has 3 unspecified atom stereocenters. The summed E-state index contributed by atoms with van der Waals surface area (Å²) in [4.78, 5) is 32.0. The van der Waals surface area contributed by atoms with Crippen LogP contribution in [-0.2, 0) is 4.79 Å². The van der Waals surface area contributed by atoms with Crippen molar-refractivity contribution in [3.8, 4) is 11.5 Å². The molecule has 4 rings (SSSR count). The first-order chi connectivity index (χ1) is 14.5. The van der Waals surface area contributed by atoms with E-state index in [0.717, 1.165) is 36.2 Å². The lowest BCUT2D eigenvalue weighted by Gasteiger charge is -2.43. The number of thiophene rings is 1. The summed E-state index contributed by atoms with van der Waals surface area (Å²) in [5, 5.41) is 1.99. The van der Waals surface area contributed by atoms with Gasteiger partial charge in [0.25, 0.3) is 5.91 Å². The summed E-state index contributed by atoms with van der Waals surface area (Å²) in [6.45, 7) is 2.87. The molecular formula is C23H28N2O4S. The summed E-state index contributed by atoms with van der Waals surface area (Å²) in [5.74, 6) is 0.503. The highest BCUT2D eigenvalue weighted by Crippen LogP contribution is 2.47. The maximum atomic E-state index is 14.0. The topological polar surface area (TPSA) is 59.1 Å². The van der Waals surface area contributed by atoms with Crippen molar-refractivity contribution in [2.24, 2.45) is 0 Å². The van der Waals surface area contributed by atoms with Gasteiger partial charge in [0.1, 0.15) is 0 Å². The second-order valence-electron chi connectivity index (χ2n) is 8.02. The molecule has 0 saturated carbocycles. The van der Waals surface area contributed by atoms with E-state index in [1.54, 1.807) is 43.6 Å². The molecule has 2 aliphatic rings. The van der Waals surface area contributed by atoms with Gasteiger partial charge in [-0.1, -0.05) is 6.07 Å². The lowest BCUT2D eigenvalue weighted by Crippen LogP contribution is -2.50. The first kappa shape index (κ1) is 20.7. The quantitative estimate of drug-likeness (QED) is 0.736. The van der Waals surface area contributed by atoms with Gasteiger partial charge in [-0.2, -0.15) is 0 Å². The van der Waals surface area contributed by atoms with Crippen molar-refractivity contribution in [2.75, 3.05) is 27.8 Å². The van der Waals surface area contributed by atoms with Crippen LogP contribution in [0, 0.1) is 0 Å². The fourth-order valence-electron chi connectivity index (χ4n) is 4.73. The minimum atomic E-state index is -0.485. The number of amides is 2. The molecule has 1 saturated heterocycles. The lowest BCUT2D eigenvalue weighted by molar-refractivity contribution is -0.137. The van der Waals surface area contributed by atoms with Gasteiger partial charge in [-0.05, 0) is 55.3 Å². The summed E-state index contributed by atoms with van der Waals surface area (Å²) in [7, 11) is 4.90. The Morgan fingerprint density at radius 1 is 1.17 bits per heavy atom. The van der Waals surface area contributed by atoms with Crippen LogP contribution in [0.2, 0.25) is 0 Å². The van der Waals surface area contributed by atoms with Crippen LogP contribution in [0.4, 0.5) is 0 Å². The maximum Gasteiger partial charge on any atom is 0.254 e. The minimum absolute atomic E-state index is 0.0772. The fraction of sp³-hybridized carbons (Fsp3) is 0.478. The van der Waals surface area contributed by atoms with Crippen molar-refractivity contribution in [3.05, 3.63) is 45.6 Å². The highest BCUT2D eigenvalue weighted by molar-refractivity contribution is 7.10. The van der Waals surface area contributed by atoms with E-state index >= 15 is 0 Å². The summed E-state index contributed by atoms with van der Waals surface area (Å²) < 4.78 is 10.9. The van der Waals surface area contributed by atoms with Crippen molar-refractivity contribution >= 4 is 23.2 Å². The van der Waals surface area contributed by atoms with E-state index in [1.807, 2.05) is 28.5 Å². The third-order valence-corrected chi connectivity index (χ3v) is 7.30. The second kappa shape index (κ2) is 8.30. The molecule has 1 aromatic heterocycles. The second-order valence-corrected chi connectivity index (χ2v) is 9.00. The number of likely N-dealkylation sites (tertiary alicyclic amines) is 1. The van der Waals surface area contributed by atoms with E-state index in [9.17, 15) is 9.59 Å². The Hall–Kier alpha value is -2.54. The monoisotopic (exact) mass is 428 g/mol. The Bertz CT molecular complexity index is 943. The van der Waals surface area contributed by atoms with Crippen LogP contribution in [0.3, 0.4) is 0 Å². The van der Waals surface area contributed by atoms with Crippen LogP contribution in [-0.4, -0.2) is 55.5 Å². The first-order valence-electron chi connectivity index (χ1n) is 10.3. The highest BCUT2D eigenvalue weighted by atomic mass is 32.1. The average molecular weight is 429 g/mol. The predicted octanol–water partition coefficient (Wildman–Crippen LogP) is 4.08. The van der Waals surface area contributed by atoms with E-state index in [4.69, 9.17) is 9.47 Å². The first-order valence-corrected chi connectivity index (χ1v) is 11.2. The van der Waals surface area contributed by atoms with E-state index < -0.39 is 5.92 Å². The van der Waals surface area contributed by atoms with Gasteiger partial charge in [0.2, 0.25) is 5.91 Å². The molecule has 160 valence electrons. The van der Waals surface area contributed by atoms with Gasteiger partial charge in [-0.15, -0.1) is 11.3 Å². The molecule has 0 spiro atoms. The zero-order chi connectivity index (χ0) is 21.4. The molecule has 0 N–H and O–H groups in total. The molecular weight excluding hydrogens is 400 g/mol. The molecule has 3 atom stereocenters. The number of hydrogen-bond donors (Lipinski definition) is 0. The van der Waals surface area contributed by atoms with Crippen molar-refractivity contribution in [3.63, 3.8) is 0 Å². The maximum absolute atomic E-state index is 14.0. The number of fused-ring (bicyclic) bond motifs is 1. The number of ether oxygens (including phenoxy) is 2. The Kier molecular flexibility index (Phi) is 5.73. The van der Waals surface area contributed by atoms with Crippen LogP contribution >= 0.6 is 11.3 Å². The van der Waals surface area contributed by atoms with Gasteiger partial charge >= 0.3 is 0 Å². The Balaban J connectivity index is 1.89. The van der Waals surface area contributed by atoms with E-state index in [0.29, 0.717) is 17.1 Å². The van der Waals surface area contributed by atoms with Crippen LogP contribution in [0.15, 0.2) is 29.6 Å². The van der Waals surface area contributed by atoms with Crippen molar-refractivity contribution < 1.29 is 19.1 Å². The molecule has 2 aromatic rings. The number of rotatable bonds is 4. The molecule has 1 fully saturated rings. The third kappa shape index (κ3) is 3.35. The molecule has 2 aliphatic heterocycles. The number of nitrogens with zero attached hydrogens (tertiary/aromatic N) is 2. The van der Waals surface area contributed by atoms with Crippen molar-refractivity contribution in [1.29, 1.82) is 0 Å². The zero-order valence-electron chi connectivity index (χ0n) is 17.9. The number of carbonyl (C=O) groups is 2. The normalized spacial score (nSPS) is 23.9. The van der Waals surface area contributed by atoms with Crippen molar-refractivity contribution in [2.45, 2.75) is 44.2 Å². The molecule has 30 heavy (non-hydrogen) atoms. The van der Waals surface area contributed by atoms with Crippen LogP contribution in [0.5, 0.6) is 11.5 Å². The molecule has 3 heterocycles. The fourth-order valence-corrected chi connectivity index (χ4v) is 5.64. The third-order valence-electron chi connectivity index (χ3n) is 6.36. The molecule has 0 radical (unpaired) electrons. The SMILES string of the molecule is COc1cc2c(cc1OC)C(C(=O)N1CCCCC1C)C(c1cccs1)N(C)C2=O. The molecule has 0 aliphatic carbocycles. The van der Waals surface area contributed by atoms with Crippen LogP contribution in [0.1, 0.15) is 58.9 Å². The number of methoxy groups -OCH3 is 2. The molecule has 2 amide bonds.